The Balaban J connectivity index is 1.59. The van der Waals surface area contributed by atoms with Crippen molar-refractivity contribution in [2.24, 2.45) is 11.3 Å². The molecule has 1 saturated carbocycles. The molecule has 31 heavy (non-hydrogen) atoms. The van der Waals surface area contributed by atoms with Gasteiger partial charge in [0.2, 0.25) is 0 Å². The van der Waals surface area contributed by atoms with Crippen LogP contribution in [-0.2, 0) is 10.0 Å². The number of benzene rings is 2. The number of sulfonamides is 1. The van der Waals surface area contributed by atoms with Crippen LogP contribution in [0.5, 0.6) is 5.75 Å². The van der Waals surface area contributed by atoms with Gasteiger partial charge in [-0.1, -0.05) is 33.3 Å². The molecule has 166 valence electrons. The molecule has 3 atom stereocenters. The minimum Gasteiger partial charge on any atom is -0.489 e. The summed E-state index contributed by atoms with van der Waals surface area (Å²) in [6.07, 6.45) is 4.43. The van der Waals surface area contributed by atoms with Crippen molar-refractivity contribution in [1.82, 2.24) is 0 Å². The maximum atomic E-state index is 12.8. The zero-order chi connectivity index (χ0) is 22.4. The molecule has 2 aromatic rings. The molecule has 1 fully saturated rings. The van der Waals surface area contributed by atoms with E-state index in [9.17, 15) is 18.5 Å². The van der Waals surface area contributed by atoms with E-state index < -0.39 is 14.9 Å². The lowest BCUT2D eigenvalue weighted by molar-refractivity contribution is -0.385. The first-order chi connectivity index (χ1) is 14.6. The fourth-order valence-corrected chi connectivity index (χ4v) is 5.85. The van der Waals surface area contributed by atoms with Gasteiger partial charge in [-0.3, -0.25) is 14.8 Å². The Hall–Kier alpha value is -2.61. The minimum atomic E-state index is -3.95. The summed E-state index contributed by atoms with van der Waals surface area (Å²) >= 11 is 0. The van der Waals surface area contributed by atoms with Crippen LogP contribution in [0.15, 0.2) is 47.4 Å². The molecule has 0 spiro atoms. The smallest absolute Gasteiger partial charge is 0.270 e. The molecule has 2 aliphatic rings. The second-order valence-corrected chi connectivity index (χ2v) is 10.9. The summed E-state index contributed by atoms with van der Waals surface area (Å²) in [5.74, 6) is 1.67. The van der Waals surface area contributed by atoms with Crippen LogP contribution in [0.25, 0.3) is 0 Å². The predicted octanol–water partition coefficient (Wildman–Crippen LogP) is 5.48. The van der Waals surface area contributed by atoms with Crippen LogP contribution < -0.4 is 9.46 Å². The second-order valence-electron chi connectivity index (χ2n) is 9.23. The number of nitro groups is 1. The van der Waals surface area contributed by atoms with Crippen molar-refractivity contribution >= 4 is 21.4 Å². The summed E-state index contributed by atoms with van der Waals surface area (Å²) in [7, 11) is -3.95. The summed E-state index contributed by atoms with van der Waals surface area (Å²) in [4.78, 5) is 10.2. The number of non-ortho nitro benzene ring substituents is 1. The monoisotopic (exact) mass is 444 g/mol. The highest BCUT2D eigenvalue weighted by Gasteiger charge is 2.43. The normalized spacial score (nSPS) is 22.9. The number of hydrogen-bond donors (Lipinski definition) is 1. The van der Waals surface area contributed by atoms with Gasteiger partial charge in [0, 0.05) is 29.3 Å². The van der Waals surface area contributed by atoms with Crippen LogP contribution in [0, 0.1) is 21.4 Å². The van der Waals surface area contributed by atoms with Gasteiger partial charge in [-0.05, 0) is 54.9 Å². The molecule has 0 amide bonds. The first kappa shape index (κ1) is 21.6. The van der Waals surface area contributed by atoms with Gasteiger partial charge in [0.15, 0.2) is 0 Å². The third kappa shape index (κ3) is 4.13. The Bertz CT molecular complexity index is 1110. The fourth-order valence-electron chi connectivity index (χ4n) is 4.76. The average molecular weight is 445 g/mol. The maximum Gasteiger partial charge on any atom is 0.270 e. The Morgan fingerprint density at radius 2 is 1.97 bits per heavy atom. The van der Waals surface area contributed by atoms with Crippen LogP contribution >= 0.6 is 0 Å². The highest BCUT2D eigenvalue weighted by atomic mass is 32.2. The van der Waals surface area contributed by atoms with Crippen molar-refractivity contribution in [3.05, 3.63) is 58.1 Å². The van der Waals surface area contributed by atoms with Crippen LogP contribution in [0.4, 0.5) is 11.4 Å². The summed E-state index contributed by atoms with van der Waals surface area (Å²) in [6.45, 7) is 6.86. The molecule has 8 heteroatoms. The number of nitrogens with zero attached hydrogens (tertiary/aromatic N) is 1. The Morgan fingerprint density at radius 1 is 1.19 bits per heavy atom. The van der Waals surface area contributed by atoms with Crippen LogP contribution in [0.1, 0.15) is 57.9 Å². The molecule has 0 bridgehead atoms. The number of ether oxygens (including phenoxy) is 1. The molecule has 1 N–H and O–H groups in total. The van der Waals surface area contributed by atoms with Crippen molar-refractivity contribution in [3.8, 4) is 5.75 Å². The van der Waals surface area contributed by atoms with E-state index in [1.165, 1.54) is 18.2 Å². The van der Waals surface area contributed by atoms with E-state index in [4.69, 9.17) is 4.74 Å². The molecule has 4 rings (SSSR count). The van der Waals surface area contributed by atoms with Gasteiger partial charge >= 0.3 is 0 Å². The average Bonchev–Trinajstić information content (AvgIpc) is 3.11. The number of nitrogens with one attached hydrogen (secondary N) is 1. The summed E-state index contributed by atoms with van der Waals surface area (Å²) in [5, 5.41) is 11.0. The molecule has 0 radical (unpaired) electrons. The van der Waals surface area contributed by atoms with E-state index >= 15 is 0 Å². The van der Waals surface area contributed by atoms with Gasteiger partial charge in [-0.15, -0.1) is 0 Å². The van der Waals surface area contributed by atoms with E-state index in [2.05, 4.69) is 25.5 Å². The number of rotatable bonds is 6. The SMILES string of the molecule is CCC(C)(C)[C@@H]1CC[C@H]2Oc3ccc(NS(=O)(=O)c4cccc([N+](=O)[O-])c4)cc3[C@@H]2C1. The van der Waals surface area contributed by atoms with E-state index in [0.29, 0.717) is 11.6 Å². The fraction of sp³-hybridized carbons (Fsp3) is 0.478. The van der Waals surface area contributed by atoms with Gasteiger partial charge in [0.25, 0.3) is 15.7 Å². The third-order valence-electron chi connectivity index (χ3n) is 7.08. The predicted molar refractivity (Wildman–Crippen MR) is 119 cm³/mol. The molecule has 0 unspecified atom stereocenters. The molecule has 0 saturated heterocycles. The zero-order valence-electron chi connectivity index (χ0n) is 18.0. The van der Waals surface area contributed by atoms with E-state index in [-0.39, 0.29) is 28.0 Å². The van der Waals surface area contributed by atoms with Crippen LogP contribution in [-0.4, -0.2) is 19.4 Å². The van der Waals surface area contributed by atoms with Gasteiger partial charge in [-0.2, -0.15) is 0 Å². The molecule has 0 aromatic heterocycles. The number of nitro benzene ring substituents is 1. The molecule has 1 aliphatic heterocycles. The van der Waals surface area contributed by atoms with Crippen LogP contribution in [0.3, 0.4) is 0 Å². The van der Waals surface area contributed by atoms with E-state index in [1.54, 1.807) is 6.07 Å². The number of hydrogen-bond acceptors (Lipinski definition) is 5. The van der Waals surface area contributed by atoms with Crippen molar-refractivity contribution in [1.29, 1.82) is 0 Å². The molecule has 1 heterocycles. The summed E-state index contributed by atoms with van der Waals surface area (Å²) in [5.41, 5.74) is 1.47. The Labute approximate surface area is 183 Å². The van der Waals surface area contributed by atoms with Gasteiger partial charge < -0.3 is 4.74 Å². The second kappa shape index (κ2) is 7.82. The van der Waals surface area contributed by atoms with E-state index in [0.717, 1.165) is 43.1 Å². The Morgan fingerprint density at radius 3 is 2.68 bits per heavy atom. The maximum absolute atomic E-state index is 12.8. The molecular formula is C23H28N2O5S. The van der Waals surface area contributed by atoms with Crippen molar-refractivity contribution in [2.75, 3.05) is 4.72 Å². The van der Waals surface area contributed by atoms with Gasteiger partial charge in [-0.25, -0.2) is 8.42 Å². The van der Waals surface area contributed by atoms with E-state index in [1.807, 2.05) is 12.1 Å². The first-order valence-electron chi connectivity index (χ1n) is 10.7. The lowest BCUT2D eigenvalue weighted by Gasteiger charge is -2.40. The lowest BCUT2D eigenvalue weighted by Crippen LogP contribution is -2.34. The van der Waals surface area contributed by atoms with Crippen molar-refractivity contribution in [3.63, 3.8) is 0 Å². The van der Waals surface area contributed by atoms with Crippen LogP contribution in [0.2, 0.25) is 0 Å². The summed E-state index contributed by atoms with van der Waals surface area (Å²) in [6, 6.07) is 10.4. The van der Waals surface area contributed by atoms with Crippen molar-refractivity contribution < 1.29 is 18.1 Å². The largest absolute Gasteiger partial charge is 0.489 e. The van der Waals surface area contributed by atoms with Gasteiger partial charge in [0.1, 0.15) is 11.9 Å². The standard InChI is InChI=1S/C23H28N2O5S/c1-4-23(2,3)15-8-10-21-19(12-15)20-13-16(9-11-22(20)30-21)24-31(28,29)18-7-5-6-17(14-18)25(26)27/h5-7,9,11,13-15,19,21,24H,4,8,10,12H2,1-3H3/t15-,19+,21-/m1/s1. The topological polar surface area (TPSA) is 98.5 Å². The first-order valence-corrected chi connectivity index (χ1v) is 12.2. The molecule has 7 nitrogen and oxygen atoms in total. The minimum absolute atomic E-state index is 0.140. The summed E-state index contributed by atoms with van der Waals surface area (Å²) < 4.78 is 34.4. The zero-order valence-corrected chi connectivity index (χ0v) is 18.8. The van der Waals surface area contributed by atoms with Gasteiger partial charge in [0.05, 0.1) is 9.82 Å². The third-order valence-corrected chi connectivity index (χ3v) is 8.46. The molecule has 1 aliphatic carbocycles. The lowest BCUT2D eigenvalue weighted by atomic mass is 9.65. The molecule has 2 aromatic carbocycles. The Kier molecular flexibility index (Phi) is 5.45. The quantitative estimate of drug-likeness (QED) is 0.470. The highest BCUT2D eigenvalue weighted by molar-refractivity contribution is 7.92. The number of fused-ring (bicyclic) bond motifs is 3. The number of anilines is 1. The highest BCUT2D eigenvalue weighted by Crippen LogP contribution is 2.52. The molecular weight excluding hydrogens is 416 g/mol. The van der Waals surface area contributed by atoms with Crippen molar-refractivity contribution in [2.45, 2.75) is 63.4 Å².